The molecule has 1 heterocycles. The van der Waals surface area contributed by atoms with E-state index >= 15 is 0 Å². The van der Waals surface area contributed by atoms with Crippen LogP contribution in [0.1, 0.15) is 59.7 Å². The summed E-state index contributed by atoms with van der Waals surface area (Å²) in [6.07, 6.45) is 4.38. The molecule has 1 amide bonds. The van der Waals surface area contributed by atoms with Crippen molar-refractivity contribution in [3.8, 4) is 0 Å². The van der Waals surface area contributed by atoms with Crippen LogP contribution >= 0.6 is 11.6 Å². The maximum atomic E-state index is 12.9. The number of anilines is 1. The highest BCUT2D eigenvalue weighted by Crippen LogP contribution is 2.26. The summed E-state index contributed by atoms with van der Waals surface area (Å²) in [5.74, 6) is -0.959. The normalized spacial score (nSPS) is 14.7. The summed E-state index contributed by atoms with van der Waals surface area (Å²) in [7, 11) is -3.69. The highest BCUT2D eigenvalue weighted by atomic mass is 35.5. The third kappa shape index (κ3) is 5.88. The van der Waals surface area contributed by atoms with Gasteiger partial charge in [-0.2, -0.15) is 4.31 Å². The van der Waals surface area contributed by atoms with Crippen LogP contribution in [-0.4, -0.2) is 44.3 Å². The number of carbonyl (C=O) groups excluding carboxylic acids is 2. The van der Waals surface area contributed by atoms with E-state index in [1.54, 1.807) is 24.3 Å². The van der Waals surface area contributed by atoms with Crippen molar-refractivity contribution in [3.05, 3.63) is 58.6 Å². The molecule has 1 N–H and O–H groups in total. The van der Waals surface area contributed by atoms with Gasteiger partial charge in [0.1, 0.15) is 0 Å². The molecule has 0 bridgehead atoms. The smallest absolute Gasteiger partial charge is 0.338 e. The lowest BCUT2D eigenvalue weighted by atomic mass is 10.2. The van der Waals surface area contributed by atoms with Crippen molar-refractivity contribution in [1.29, 1.82) is 0 Å². The molecular weight excluding hydrogens is 452 g/mol. The number of amides is 1. The molecule has 1 fully saturated rings. The number of nitrogens with one attached hydrogen (secondary N) is 1. The molecule has 32 heavy (non-hydrogen) atoms. The van der Waals surface area contributed by atoms with Gasteiger partial charge in [-0.3, -0.25) is 4.79 Å². The quantitative estimate of drug-likeness (QED) is 0.437. The number of hydrogen-bond donors (Lipinski definition) is 1. The predicted molar refractivity (Wildman–Crippen MR) is 124 cm³/mol. The number of carbonyl (C=O) groups is 2. The Hall–Kier alpha value is -2.42. The van der Waals surface area contributed by atoms with E-state index in [2.05, 4.69) is 5.32 Å². The lowest BCUT2D eigenvalue weighted by Crippen LogP contribution is -2.35. The molecule has 0 unspecified atom stereocenters. The summed E-state index contributed by atoms with van der Waals surface area (Å²) >= 11 is 6.19. The molecule has 0 spiro atoms. The zero-order valence-corrected chi connectivity index (χ0v) is 19.5. The summed E-state index contributed by atoms with van der Waals surface area (Å²) in [6, 6.07) is 10.4. The molecule has 3 rings (SSSR count). The van der Waals surface area contributed by atoms with Crippen LogP contribution in [0.3, 0.4) is 0 Å². The lowest BCUT2D eigenvalue weighted by Gasteiger charge is -2.26. The number of benzene rings is 2. The fraction of sp³-hybridized carbons (Fsp3) is 0.391. The van der Waals surface area contributed by atoms with E-state index < -0.39 is 21.9 Å². The van der Waals surface area contributed by atoms with E-state index in [1.165, 1.54) is 22.5 Å². The molecule has 1 aliphatic heterocycles. The van der Waals surface area contributed by atoms with E-state index in [0.717, 1.165) is 32.1 Å². The first-order valence-corrected chi connectivity index (χ1v) is 12.5. The molecule has 9 heteroatoms. The second-order valence-electron chi connectivity index (χ2n) is 7.63. The van der Waals surface area contributed by atoms with E-state index in [-0.39, 0.29) is 15.5 Å². The Labute approximate surface area is 193 Å². The van der Waals surface area contributed by atoms with Crippen molar-refractivity contribution >= 4 is 39.2 Å². The minimum atomic E-state index is -3.69. The molecule has 1 aliphatic rings. The number of unbranched alkanes of at least 4 members (excludes halogenated alkanes) is 1. The minimum absolute atomic E-state index is 0.0409. The third-order valence-corrected chi connectivity index (χ3v) is 7.47. The largest absolute Gasteiger partial charge is 0.462 e. The van der Waals surface area contributed by atoms with Crippen LogP contribution in [0.5, 0.6) is 0 Å². The monoisotopic (exact) mass is 478 g/mol. The minimum Gasteiger partial charge on any atom is -0.462 e. The summed E-state index contributed by atoms with van der Waals surface area (Å²) < 4.78 is 32.5. The van der Waals surface area contributed by atoms with Crippen LogP contribution in [0.4, 0.5) is 5.69 Å². The van der Waals surface area contributed by atoms with Gasteiger partial charge in [-0.15, -0.1) is 0 Å². The van der Waals surface area contributed by atoms with Crippen molar-refractivity contribution in [2.75, 3.05) is 25.0 Å². The molecule has 0 aliphatic carbocycles. The molecule has 2 aromatic rings. The van der Waals surface area contributed by atoms with Gasteiger partial charge in [0.15, 0.2) is 0 Å². The van der Waals surface area contributed by atoms with Crippen molar-refractivity contribution in [2.45, 2.75) is 43.9 Å². The van der Waals surface area contributed by atoms with Gasteiger partial charge in [0.2, 0.25) is 10.0 Å². The standard InChI is InChI=1S/C23H27ClN2O5S/c1-2-3-15-31-23(28)17-7-9-18(10-8-17)25-22(27)20-16-19(11-12-21(20)24)32(29,30)26-13-5-4-6-14-26/h7-12,16H,2-6,13-15H2,1H3,(H,25,27). The Kier molecular flexibility index (Phi) is 8.28. The molecule has 172 valence electrons. The molecular formula is C23H27ClN2O5S. The Morgan fingerprint density at radius 1 is 1.06 bits per heavy atom. The van der Waals surface area contributed by atoms with Gasteiger partial charge in [0, 0.05) is 18.8 Å². The Morgan fingerprint density at radius 2 is 1.75 bits per heavy atom. The van der Waals surface area contributed by atoms with Crippen LogP contribution in [0.15, 0.2) is 47.4 Å². The molecule has 7 nitrogen and oxygen atoms in total. The summed E-state index contributed by atoms with van der Waals surface area (Å²) in [5, 5.41) is 2.84. The van der Waals surface area contributed by atoms with Crippen LogP contribution < -0.4 is 5.32 Å². The average molecular weight is 479 g/mol. The third-order valence-electron chi connectivity index (χ3n) is 5.24. The van der Waals surface area contributed by atoms with Gasteiger partial charge in [-0.25, -0.2) is 13.2 Å². The maximum Gasteiger partial charge on any atom is 0.338 e. The van der Waals surface area contributed by atoms with Gasteiger partial charge in [-0.05, 0) is 61.7 Å². The fourth-order valence-electron chi connectivity index (χ4n) is 3.37. The maximum absolute atomic E-state index is 12.9. The number of rotatable bonds is 8. The summed E-state index contributed by atoms with van der Waals surface area (Å²) in [4.78, 5) is 24.8. The van der Waals surface area contributed by atoms with E-state index in [1.807, 2.05) is 6.92 Å². The summed E-state index contributed by atoms with van der Waals surface area (Å²) in [5.41, 5.74) is 0.889. The molecule has 2 aromatic carbocycles. The highest BCUT2D eigenvalue weighted by molar-refractivity contribution is 7.89. The lowest BCUT2D eigenvalue weighted by molar-refractivity contribution is 0.0499. The van der Waals surface area contributed by atoms with Crippen molar-refractivity contribution in [2.24, 2.45) is 0 Å². The number of sulfonamides is 1. The zero-order valence-electron chi connectivity index (χ0n) is 18.0. The first-order valence-electron chi connectivity index (χ1n) is 10.7. The van der Waals surface area contributed by atoms with E-state index in [9.17, 15) is 18.0 Å². The average Bonchev–Trinajstić information content (AvgIpc) is 2.80. The van der Waals surface area contributed by atoms with E-state index in [0.29, 0.717) is 30.9 Å². The second-order valence-corrected chi connectivity index (χ2v) is 9.97. The van der Waals surface area contributed by atoms with Crippen LogP contribution in [0.2, 0.25) is 5.02 Å². The SMILES string of the molecule is CCCCOC(=O)c1ccc(NC(=O)c2cc(S(=O)(=O)N3CCCCC3)ccc2Cl)cc1. The number of halogens is 1. The molecule has 0 atom stereocenters. The van der Waals surface area contributed by atoms with Gasteiger partial charge < -0.3 is 10.1 Å². The van der Waals surface area contributed by atoms with Gasteiger partial charge in [-0.1, -0.05) is 31.4 Å². The van der Waals surface area contributed by atoms with Gasteiger partial charge in [0.25, 0.3) is 5.91 Å². The van der Waals surface area contributed by atoms with Crippen molar-refractivity contribution in [1.82, 2.24) is 4.31 Å². The Bertz CT molecular complexity index is 1060. The Morgan fingerprint density at radius 3 is 2.41 bits per heavy atom. The summed E-state index contributed by atoms with van der Waals surface area (Å²) in [6.45, 7) is 3.32. The number of piperidine rings is 1. The number of esters is 1. The molecule has 0 aromatic heterocycles. The predicted octanol–water partition coefficient (Wildman–Crippen LogP) is 4.72. The number of nitrogens with zero attached hydrogens (tertiary/aromatic N) is 1. The second kappa shape index (κ2) is 10.9. The van der Waals surface area contributed by atoms with Gasteiger partial charge in [0.05, 0.1) is 27.7 Å². The first-order chi connectivity index (χ1) is 15.3. The van der Waals surface area contributed by atoms with E-state index in [4.69, 9.17) is 16.3 Å². The van der Waals surface area contributed by atoms with Crippen LogP contribution in [0, 0.1) is 0 Å². The molecule has 0 saturated carbocycles. The topological polar surface area (TPSA) is 92.8 Å². The van der Waals surface area contributed by atoms with Crippen molar-refractivity contribution < 1.29 is 22.7 Å². The molecule has 1 saturated heterocycles. The highest BCUT2D eigenvalue weighted by Gasteiger charge is 2.27. The number of hydrogen-bond acceptors (Lipinski definition) is 5. The first kappa shape index (κ1) is 24.2. The van der Waals surface area contributed by atoms with Crippen LogP contribution in [-0.2, 0) is 14.8 Å². The zero-order chi connectivity index (χ0) is 23.1. The fourth-order valence-corrected chi connectivity index (χ4v) is 5.12. The molecule has 0 radical (unpaired) electrons. The number of ether oxygens (including phenoxy) is 1. The van der Waals surface area contributed by atoms with Crippen LogP contribution in [0.25, 0.3) is 0 Å². The Balaban J connectivity index is 1.72. The van der Waals surface area contributed by atoms with Crippen molar-refractivity contribution in [3.63, 3.8) is 0 Å². The van der Waals surface area contributed by atoms with Gasteiger partial charge >= 0.3 is 5.97 Å².